The zero-order valence-corrected chi connectivity index (χ0v) is 14.6. The van der Waals surface area contributed by atoms with E-state index in [-0.39, 0.29) is 0 Å². The van der Waals surface area contributed by atoms with Crippen LogP contribution in [0.15, 0.2) is 84.9 Å². The minimum Gasteiger partial charge on any atom is -0.387 e. The first-order valence-electron chi connectivity index (χ1n) is 8.83. The van der Waals surface area contributed by atoms with Crippen LogP contribution < -0.4 is 5.32 Å². The summed E-state index contributed by atoms with van der Waals surface area (Å²) in [6.45, 7) is 2.72. The summed E-state index contributed by atoms with van der Waals surface area (Å²) in [6.07, 6.45) is 0.473. The van der Waals surface area contributed by atoms with Crippen LogP contribution in [0.4, 0.5) is 0 Å². The van der Waals surface area contributed by atoms with E-state index in [1.165, 1.54) is 16.7 Å². The van der Waals surface area contributed by atoms with Crippen LogP contribution in [0.2, 0.25) is 0 Å². The van der Waals surface area contributed by atoms with E-state index in [1.54, 1.807) is 0 Å². The van der Waals surface area contributed by atoms with Crippen LogP contribution in [0.25, 0.3) is 11.1 Å². The predicted octanol–water partition coefficient (Wildman–Crippen LogP) is 4.61. The van der Waals surface area contributed by atoms with Gasteiger partial charge in [-0.1, -0.05) is 84.9 Å². The summed E-state index contributed by atoms with van der Waals surface area (Å²) in [5.41, 5.74) is 4.74. The van der Waals surface area contributed by atoms with Crippen LogP contribution in [0, 0.1) is 0 Å². The van der Waals surface area contributed by atoms with Crippen molar-refractivity contribution in [2.75, 3.05) is 6.54 Å². The van der Waals surface area contributed by atoms with Crippen molar-refractivity contribution in [3.8, 4) is 11.1 Å². The fourth-order valence-corrected chi connectivity index (χ4v) is 3.00. The molecule has 0 unspecified atom stereocenters. The molecule has 25 heavy (non-hydrogen) atoms. The van der Waals surface area contributed by atoms with Gasteiger partial charge >= 0.3 is 0 Å². The van der Waals surface area contributed by atoms with Gasteiger partial charge in [0.05, 0.1) is 6.10 Å². The smallest absolute Gasteiger partial charge is 0.0914 e. The van der Waals surface area contributed by atoms with Crippen LogP contribution in [0.5, 0.6) is 0 Å². The van der Waals surface area contributed by atoms with Crippen molar-refractivity contribution in [2.45, 2.75) is 25.5 Å². The molecule has 0 aliphatic rings. The van der Waals surface area contributed by atoms with Gasteiger partial charge in [0.15, 0.2) is 0 Å². The maximum absolute atomic E-state index is 10.2. The molecule has 0 saturated carbocycles. The molecule has 0 aromatic heterocycles. The number of aliphatic hydroxyl groups excluding tert-OH is 1. The molecule has 3 aromatic rings. The maximum atomic E-state index is 10.2. The Balaban J connectivity index is 1.52. The van der Waals surface area contributed by atoms with E-state index in [1.807, 2.05) is 36.4 Å². The molecule has 0 radical (unpaired) electrons. The fraction of sp³-hybridized carbons (Fsp3) is 0.217. The average Bonchev–Trinajstić information content (AvgIpc) is 2.68. The second-order valence-electron chi connectivity index (χ2n) is 6.50. The Hall–Kier alpha value is -2.42. The van der Waals surface area contributed by atoms with Crippen molar-refractivity contribution >= 4 is 0 Å². The molecule has 0 aliphatic heterocycles. The molecule has 3 rings (SSSR count). The molecule has 0 amide bonds. The van der Waals surface area contributed by atoms with Crippen LogP contribution in [-0.4, -0.2) is 17.7 Å². The zero-order chi connectivity index (χ0) is 17.5. The van der Waals surface area contributed by atoms with Crippen molar-refractivity contribution in [1.29, 1.82) is 0 Å². The number of nitrogens with one attached hydrogen (secondary N) is 1. The van der Waals surface area contributed by atoms with Crippen molar-refractivity contribution < 1.29 is 5.11 Å². The van der Waals surface area contributed by atoms with Gasteiger partial charge in [0.2, 0.25) is 0 Å². The number of rotatable bonds is 7. The Bertz CT molecular complexity index is 753. The standard InChI is InChI=1S/C23H25NO/c1-18(24-17-23(25)22-10-6-3-7-11-22)16-19-12-14-21(15-13-19)20-8-4-2-5-9-20/h2-15,18,23-25H,16-17H2,1H3/t18-,23+/m1/s1. The van der Waals surface area contributed by atoms with Crippen LogP contribution in [-0.2, 0) is 6.42 Å². The van der Waals surface area contributed by atoms with Crippen molar-refractivity contribution in [2.24, 2.45) is 0 Å². The third kappa shape index (κ3) is 5.02. The molecule has 2 atom stereocenters. The van der Waals surface area contributed by atoms with Gasteiger partial charge in [-0.3, -0.25) is 0 Å². The summed E-state index contributed by atoms with van der Waals surface area (Å²) in [7, 11) is 0. The normalized spacial score (nSPS) is 13.4. The molecule has 3 aromatic carbocycles. The lowest BCUT2D eigenvalue weighted by molar-refractivity contribution is 0.170. The fourth-order valence-electron chi connectivity index (χ4n) is 3.00. The molecule has 0 saturated heterocycles. The predicted molar refractivity (Wildman–Crippen MR) is 104 cm³/mol. The lowest BCUT2D eigenvalue weighted by Crippen LogP contribution is -2.32. The summed E-state index contributed by atoms with van der Waals surface area (Å²) in [5, 5.41) is 13.7. The monoisotopic (exact) mass is 331 g/mol. The summed E-state index contributed by atoms with van der Waals surface area (Å²) >= 11 is 0. The van der Waals surface area contributed by atoms with Crippen LogP contribution in [0.1, 0.15) is 24.2 Å². The highest BCUT2D eigenvalue weighted by atomic mass is 16.3. The number of hydrogen-bond donors (Lipinski definition) is 2. The largest absolute Gasteiger partial charge is 0.387 e. The molecule has 0 spiro atoms. The van der Waals surface area contributed by atoms with Gasteiger partial charge in [-0.2, -0.15) is 0 Å². The molecule has 0 heterocycles. The molecule has 0 bridgehead atoms. The lowest BCUT2D eigenvalue weighted by atomic mass is 10.0. The molecule has 2 nitrogen and oxygen atoms in total. The number of hydrogen-bond acceptors (Lipinski definition) is 2. The van der Waals surface area contributed by atoms with Gasteiger partial charge in [0.25, 0.3) is 0 Å². The minimum atomic E-state index is -0.468. The summed E-state index contributed by atoms with van der Waals surface area (Å²) in [6, 6.07) is 29.2. The third-order valence-corrected chi connectivity index (χ3v) is 4.45. The molecule has 2 N–H and O–H groups in total. The number of aliphatic hydroxyl groups is 1. The highest BCUT2D eigenvalue weighted by molar-refractivity contribution is 5.63. The lowest BCUT2D eigenvalue weighted by Gasteiger charge is -2.17. The van der Waals surface area contributed by atoms with E-state index in [0.29, 0.717) is 12.6 Å². The summed E-state index contributed by atoms with van der Waals surface area (Å²) < 4.78 is 0. The van der Waals surface area contributed by atoms with Crippen molar-refractivity contribution in [3.63, 3.8) is 0 Å². The molecule has 0 fully saturated rings. The Morgan fingerprint density at radius 1 is 0.760 bits per heavy atom. The molecular formula is C23H25NO. The first kappa shape index (κ1) is 17.4. The van der Waals surface area contributed by atoms with E-state index in [2.05, 4.69) is 60.8 Å². The molecule has 2 heteroatoms. The quantitative estimate of drug-likeness (QED) is 0.663. The number of benzene rings is 3. The average molecular weight is 331 g/mol. The first-order chi connectivity index (χ1) is 12.2. The Morgan fingerprint density at radius 2 is 1.32 bits per heavy atom. The Kier molecular flexibility index (Phi) is 5.99. The zero-order valence-electron chi connectivity index (χ0n) is 14.6. The minimum absolute atomic E-state index is 0.306. The highest BCUT2D eigenvalue weighted by Gasteiger charge is 2.09. The van der Waals surface area contributed by atoms with E-state index < -0.39 is 6.10 Å². The second kappa shape index (κ2) is 8.61. The third-order valence-electron chi connectivity index (χ3n) is 4.45. The highest BCUT2D eigenvalue weighted by Crippen LogP contribution is 2.19. The Morgan fingerprint density at radius 3 is 1.96 bits per heavy atom. The van der Waals surface area contributed by atoms with Gasteiger partial charge in [-0.25, -0.2) is 0 Å². The van der Waals surface area contributed by atoms with Crippen molar-refractivity contribution in [3.05, 3.63) is 96.1 Å². The molecule has 0 aliphatic carbocycles. The maximum Gasteiger partial charge on any atom is 0.0914 e. The van der Waals surface area contributed by atoms with Crippen LogP contribution in [0.3, 0.4) is 0 Å². The van der Waals surface area contributed by atoms with Gasteiger partial charge in [0.1, 0.15) is 0 Å². The van der Waals surface area contributed by atoms with Gasteiger partial charge in [-0.05, 0) is 35.6 Å². The summed E-state index contributed by atoms with van der Waals surface area (Å²) in [5.74, 6) is 0. The summed E-state index contributed by atoms with van der Waals surface area (Å²) in [4.78, 5) is 0. The SMILES string of the molecule is C[C@H](Cc1ccc(-c2ccccc2)cc1)NC[C@H](O)c1ccccc1. The Labute approximate surface area is 150 Å². The van der Waals surface area contributed by atoms with Crippen LogP contribution >= 0.6 is 0 Å². The first-order valence-corrected chi connectivity index (χ1v) is 8.83. The van der Waals surface area contributed by atoms with E-state index >= 15 is 0 Å². The topological polar surface area (TPSA) is 32.3 Å². The van der Waals surface area contributed by atoms with E-state index in [4.69, 9.17) is 0 Å². The van der Waals surface area contributed by atoms with Crippen molar-refractivity contribution in [1.82, 2.24) is 5.32 Å². The molecule has 128 valence electrons. The second-order valence-corrected chi connectivity index (χ2v) is 6.50. The molecular weight excluding hydrogens is 306 g/mol. The van der Waals surface area contributed by atoms with E-state index in [9.17, 15) is 5.11 Å². The van der Waals surface area contributed by atoms with Gasteiger partial charge in [0, 0.05) is 12.6 Å². The van der Waals surface area contributed by atoms with Gasteiger partial charge in [-0.15, -0.1) is 0 Å². The van der Waals surface area contributed by atoms with Gasteiger partial charge < -0.3 is 10.4 Å². The van der Waals surface area contributed by atoms with E-state index in [0.717, 1.165) is 12.0 Å².